The van der Waals surface area contributed by atoms with Crippen molar-refractivity contribution in [2.45, 2.75) is 32.7 Å². The third kappa shape index (κ3) is 2.24. The zero-order valence-electron chi connectivity index (χ0n) is 9.76. The van der Waals surface area contributed by atoms with E-state index in [9.17, 15) is 0 Å². The van der Waals surface area contributed by atoms with Gasteiger partial charge in [0.05, 0.1) is 21.1 Å². The van der Waals surface area contributed by atoms with Crippen molar-refractivity contribution in [1.29, 1.82) is 0 Å². The first kappa shape index (κ1) is 12.9. The highest BCUT2D eigenvalue weighted by Gasteiger charge is 2.13. The van der Waals surface area contributed by atoms with Crippen LogP contribution in [0.25, 0.3) is 11.0 Å². The fourth-order valence-corrected chi connectivity index (χ4v) is 2.82. The molecule has 0 saturated heterocycles. The normalized spacial score (nSPS) is 11.6. The number of benzene rings is 1. The Bertz CT molecular complexity index is 596. The van der Waals surface area contributed by atoms with Crippen molar-refractivity contribution >= 4 is 46.5 Å². The van der Waals surface area contributed by atoms with Crippen molar-refractivity contribution in [1.82, 2.24) is 9.55 Å². The van der Waals surface area contributed by atoms with Gasteiger partial charge in [0, 0.05) is 6.04 Å². The summed E-state index contributed by atoms with van der Waals surface area (Å²) in [5, 5.41) is 1.11. The second kappa shape index (κ2) is 5.01. The lowest BCUT2D eigenvalue weighted by molar-refractivity contribution is 0.478. The maximum absolute atomic E-state index is 6.07. The Morgan fingerprint density at radius 2 is 1.82 bits per heavy atom. The highest BCUT2D eigenvalue weighted by atomic mass is 35.5. The number of imidazole rings is 1. The summed E-state index contributed by atoms with van der Waals surface area (Å²) in [6.07, 6.45) is 2.08. The van der Waals surface area contributed by atoms with Crippen LogP contribution in [-0.2, 0) is 0 Å². The first-order valence-electron chi connectivity index (χ1n) is 5.67. The summed E-state index contributed by atoms with van der Waals surface area (Å²) in [5.74, 6) is 0. The van der Waals surface area contributed by atoms with E-state index < -0.39 is 0 Å². The molecule has 0 unspecified atom stereocenters. The van der Waals surface area contributed by atoms with Gasteiger partial charge in [-0.25, -0.2) is 0 Å². The molecule has 0 radical (unpaired) electrons. The summed E-state index contributed by atoms with van der Waals surface area (Å²) in [6, 6.07) is 4.10. The molecule has 0 saturated carbocycles. The Balaban J connectivity index is 2.74. The summed E-state index contributed by atoms with van der Waals surface area (Å²) in [5.41, 5.74) is 1.97. The molecule has 0 aliphatic rings. The van der Waals surface area contributed by atoms with Gasteiger partial charge in [0.2, 0.25) is 0 Å². The highest BCUT2D eigenvalue weighted by molar-refractivity contribution is 7.71. The van der Waals surface area contributed by atoms with E-state index in [0.717, 1.165) is 28.6 Å². The van der Waals surface area contributed by atoms with Gasteiger partial charge in [-0.05, 0) is 37.2 Å². The Morgan fingerprint density at radius 3 is 2.41 bits per heavy atom. The molecule has 5 heteroatoms. The van der Waals surface area contributed by atoms with Gasteiger partial charge in [-0.3, -0.25) is 0 Å². The summed E-state index contributed by atoms with van der Waals surface area (Å²) in [6.45, 7) is 4.32. The smallest absolute Gasteiger partial charge is 0.178 e. The maximum atomic E-state index is 6.07. The van der Waals surface area contributed by atoms with Crippen LogP contribution in [0.1, 0.15) is 32.7 Å². The molecule has 2 nitrogen and oxygen atoms in total. The van der Waals surface area contributed by atoms with Crippen LogP contribution < -0.4 is 0 Å². The molecule has 0 bridgehead atoms. The van der Waals surface area contributed by atoms with E-state index in [2.05, 4.69) is 23.4 Å². The SMILES string of the molecule is CCC(CC)n1c(=S)[nH]c2cc(Cl)c(Cl)cc21. The third-order valence-corrected chi connectivity index (χ3v) is 4.09. The van der Waals surface area contributed by atoms with Gasteiger partial charge in [0.25, 0.3) is 0 Å². The van der Waals surface area contributed by atoms with Gasteiger partial charge in [-0.2, -0.15) is 0 Å². The van der Waals surface area contributed by atoms with Crippen LogP contribution in [0.4, 0.5) is 0 Å². The predicted octanol–water partition coefficient (Wildman–Crippen LogP) is 5.37. The Kier molecular flexibility index (Phi) is 3.81. The minimum Gasteiger partial charge on any atom is -0.331 e. The van der Waals surface area contributed by atoms with Crippen LogP contribution in [0, 0.1) is 4.77 Å². The molecule has 1 aromatic heterocycles. The standard InChI is InChI=1S/C12H14Cl2N2S/c1-3-7(4-2)16-11-6-9(14)8(13)5-10(11)15-12(16)17/h5-7H,3-4H2,1-2H3,(H,15,17). The van der Waals surface area contributed by atoms with Gasteiger partial charge < -0.3 is 9.55 Å². The van der Waals surface area contributed by atoms with Crippen LogP contribution in [0.5, 0.6) is 0 Å². The number of nitrogens with one attached hydrogen (secondary N) is 1. The number of nitrogens with zero attached hydrogens (tertiary/aromatic N) is 1. The van der Waals surface area contributed by atoms with Gasteiger partial charge >= 0.3 is 0 Å². The molecule has 1 heterocycles. The Morgan fingerprint density at radius 1 is 1.24 bits per heavy atom. The predicted molar refractivity (Wildman–Crippen MR) is 76.8 cm³/mol. The van der Waals surface area contributed by atoms with E-state index >= 15 is 0 Å². The molecule has 0 fully saturated rings. The van der Waals surface area contributed by atoms with Gasteiger partial charge in [-0.15, -0.1) is 0 Å². The zero-order chi connectivity index (χ0) is 12.6. The van der Waals surface area contributed by atoms with Crippen molar-refractivity contribution < 1.29 is 0 Å². The number of rotatable bonds is 3. The van der Waals surface area contributed by atoms with E-state index in [-0.39, 0.29) is 0 Å². The monoisotopic (exact) mass is 288 g/mol. The van der Waals surface area contributed by atoms with Crippen molar-refractivity contribution in [3.8, 4) is 0 Å². The van der Waals surface area contributed by atoms with Crippen LogP contribution in [-0.4, -0.2) is 9.55 Å². The average Bonchev–Trinajstić information content (AvgIpc) is 2.59. The molecule has 0 amide bonds. The molecule has 1 N–H and O–H groups in total. The van der Waals surface area contributed by atoms with E-state index in [1.807, 2.05) is 12.1 Å². The number of hydrogen-bond donors (Lipinski definition) is 1. The van der Waals surface area contributed by atoms with E-state index in [1.54, 1.807) is 0 Å². The van der Waals surface area contributed by atoms with Gasteiger partial charge in [0.15, 0.2) is 4.77 Å². The number of aromatic nitrogens is 2. The molecule has 0 atom stereocenters. The molecule has 92 valence electrons. The molecule has 1 aromatic carbocycles. The van der Waals surface area contributed by atoms with Crippen molar-refractivity contribution in [2.75, 3.05) is 0 Å². The molecular weight excluding hydrogens is 275 g/mol. The minimum atomic E-state index is 0.397. The fraction of sp³-hybridized carbons (Fsp3) is 0.417. The molecule has 0 spiro atoms. The lowest BCUT2D eigenvalue weighted by Crippen LogP contribution is -2.06. The first-order chi connectivity index (χ1) is 8.08. The highest BCUT2D eigenvalue weighted by Crippen LogP contribution is 2.30. The van der Waals surface area contributed by atoms with Crippen LogP contribution in [0.15, 0.2) is 12.1 Å². The number of fused-ring (bicyclic) bond motifs is 1. The van der Waals surface area contributed by atoms with Gasteiger partial charge in [-0.1, -0.05) is 37.0 Å². The number of aromatic amines is 1. The maximum Gasteiger partial charge on any atom is 0.178 e. The van der Waals surface area contributed by atoms with Crippen LogP contribution in [0.2, 0.25) is 10.0 Å². The van der Waals surface area contributed by atoms with Crippen LogP contribution >= 0.6 is 35.4 Å². The number of halogens is 2. The number of hydrogen-bond acceptors (Lipinski definition) is 1. The van der Waals surface area contributed by atoms with E-state index in [1.165, 1.54) is 0 Å². The van der Waals surface area contributed by atoms with Crippen LogP contribution in [0.3, 0.4) is 0 Å². The third-order valence-electron chi connectivity index (χ3n) is 3.07. The van der Waals surface area contributed by atoms with E-state index in [0.29, 0.717) is 16.1 Å². The largest absolute Gasteiger partial charge is 0.331 e. The summed E-state index contributed by atoms with van der Waals surface area (Å²) >= 11 is 17.4. The Labute approximate surface area is 116 Å². The zero-order valence-corrected chi connectivity index (χ0v) is 12.1. The van der Waals surface area contributed by atoms with Crippen molar-refractivity contribution in [3.63, 3.8) is 0 Å². The van der Waals surface area contributed by atoms with Crippen molar-refractivity contribution in [3.05, 3.63) is 26.9 Å². The van der Waals surface area contributed by atoms with E-state index in [4.69, 9.17) is 35.4 Å². The molecule has 2 aromatic rings. The molecular formula is C12H14Cl2N2S. The minimum absolute atomic E-state index is 0.397. The lowest BCUT2D eigenvalue weighted by Gasteiger charge is -2.15. The van der Waals surface area contributed by atoms with Crippen molar-refractivity contribution in [2.24, 2.45) is 0 Å². The number of H-pyrrole nitrogens is 1. The summed E-state index contributed by atoms with van der Waals surface area (Å²) in [4.78, 5) is 3.18. The Hall–Kier alpha value is -0.510. The second-order valence-corrected chi connectivity index (χ2v) is 5.26. The molecule has 0 aliphatic heterocycles. The second-order valence-electron chi connectivity index (χ2n) is 4.05. The topological polar surface area (TPSA) is 20.7 Å². The fourth-order valence-electron chi connectivity index (χ4n) is 2.14. The van der Waals surface area contributed by atoms with Gasteiger partial charge in [0.1, 0.15) is 0 Å². The first-order valence-corrected chi connectivity index (χ1v) is 6.84. The molecule has 17 heavy (non-hydrogen) atoms. The molecule has 0 aliphatic carbocycles. The lowest BCUT2D eigenvalue weighted by atomic mass is 10.1. The summed E-state index contributed by atoms with van der Waals surface area (Å²) in [7, 11) is 0. The quantitative estimate of drug-likeness (QED) is 0.754. The average molecular weight is 289 g/mol. The summed E-state index contributed by atoms with van der Waals surface area (Å²) < 4.78 is 2.86. The molecule has 2 rings (SSSR count).